The fraction of sp³-hybridized carbons (Fsp3) is 0.250. The fourth-order valence-corrected chi connectivity index (χ4v) is 1.63. The molecule has 0 bridgehead atoms. The van der Waals surface area contributed by atoms with Gasteiger partial charge in [0, 0.05) is 0 Å². The molecular weight excluding hydrogens is 818 g/mol. The second kappa shape index (κ2) is 24.2. The first-order valence-corrected chi connectivity index (χ1v) is 13.6. The SMILES string of the molecule is O=C(O)C(=O)OC(=O)C(F)(F)S(=O)(=O)O.O=C(O)C(=O)OC(=O)C(F)(F)S(=O)(=O)O.O=C(O)C(=O)OC(=O)C(F)(F)S(=O)(=O)O.[Li+].[Li+].[Li+].[O-]B([O-])[O-]. The normalized spacial score (nSPS) is 10.8. The van der Waals surface area contributed by atoms with Gasteiger partial charge < -0.3 is 44.6 Å². The second-order valence-corrected chi connectivity index (χ2v) is 10.6. The Kier molecular flexibility index (Phi) is 29.8. The summed E-state index contributed by atoms with van der Waals surface area (Å²) in [6, 6.07) is 0. The van der Waals surface area contributed by atoms with Crippen molar-refractivity contribution in [3.05, 3.63) is 0 Å². The molecule has 0 aromatic heterocycles. The standard InChI is InChI=1S/3C4H2F2O8S.BO3.3Li/c3*5-4(6,15(11,12)13)3(10)14-2(9)1(7)8;2-1(3)4;;;/h3*(H,7,8)(H,11,12,13);;;;/q;;;-3;3*+1. The molecule has 27 nitrogen and oxygen atoms in total. The zero-order chi connectivity index (χ0) is 40.9. The van der Waals surface area contributed by atoms with E-state index < -0.39 is 107 Å². The number of esters is 6. The van der Waals surface area contributed by atoms with Crippen LogP contribution in [0.2, 0.25) is 0 Å². The summed E-state index contributed by atoms with van der Waals surface area (Å²) in [5, 5.41) is 32.5. The molecule has 0 radical (unpaired) electrons. The number of carbonyl (C=O) groups excluding carboxylic acids is 6. The molecule has 0 unspecified atom stereocenters. The summed E-state index contributed by atoms with van der Waals surface area (Å²) in [6.45, 7) is 0. The molecule has 0 saturated heterocycles. The molecule has 0 rings (SSSR count). The molecule has 0 aromatic rings. The smallest absolute Gasteiger partial charge is 0.907 e. The van der Waals surface area contributed by atoms with Crippen LogP contribution >= 0.6 is 0 Å². The van der Waals surface area contributed by atoms with Gasteiger partial charge in [-0.25, -0.2) is 43.2 Å². The summed E-state index contributed by atoms with van der Waals surface area (Å²) >= 11 is 0. The Morgan fingerprint density at radius 3 is 0.635 bits per heavy atom. The minimum atomic E-state index is -6.13. The quantitative estimate of drug-likeness (QED) is 0.0275. The fourth-order valence-electron chi connectivity index (χ4n) is 0.878. The molecular formula is C12H6BF6Li3O27S3. The number of ether oxygens (including phenoxy) is 3. The van der Waals surface area contributed by atoms with Crippen molar-refractivity contribution >= 4 is 91.4 Å². The molecule has 282 valence electrons. The molecule has 0 aliphatic heterocycles. The van der Waals surface area contributed by atoms with E-state index in [4.69, 9.17) is 44.0 Å². The summed E-state index contributed by atoms with van der Waals surface area (Å²) in [5.41, 5.74) is 0. The summed E-state index contributed by atoms with van der Waals surface area (Å²) in [4.78, 5) is 90.1. The minimum Gasteiger partial charge on any atom is -0.907 e. The molecule has 0 spiro atoms. The first kappa shape index (κ1) is 63.9. The number of carboxylic acid groups (broad SMARTS) is 3. The van der Waals surface area contributed by atoms with Crippen LogP contribution in [0.3, 0.4) is 0 Å². The maximum absolute atomic E-state index is 12.3. The molecule has 0 aliphatic carbocycles. The van der Waals surface area contributed by atoms with E-state index in [1.807, 2.05) is 0 Å². The van der Waals surface area contributed by atoms with Crippen LogP contribution in [0.4, 0.5) is 26.3 Å². The first-order valence-electron chi connectivity index (χ1n) is 9.23. The molecule has 0 aromatic carbocycles. The van der Waals surface area contributed by atoms with E-state index in [1.165, 1.54) is 0 Å². The summed E-state index contributed by atoms with van der Waals surface area (Å²) < 4.78 is 165. The van der Waals surface area contributed by atoms with Crippen LogP contribution in [-0.4, -0.2) is 131 Å². The Morgan fingerprint density at radius 1 is 0.442 bits per heavy atom. The number of carbonyl (C=O) groups is 9. The molecule has 0 saturated carbocycles. The summed E-state index contributed by atoms with van der Waals surface area (Å²) in [5.74, 6) is -23.3. The molecule has 0 fully saturated rings. The van der Waals surface area contributed by atoms with Crippen LogP contribution in [0.5, 0.6) is 0 Å². The Morgan fingerprint density at radius 2 is 0.558 bits per heavy atom. The molecule has 52 heavy (non-hydrogen) atoms. The van der Waals surface area contributed by atoms with Gasteiger partial charge in [0.05, 0.1) is 0 Å². The Balaban J connectivity index is -0.000000108. The monoisotopic (exact) mass is 824 g/mol. The summed E-state index contributed by atoms with van der Waals surface area (Å²) in [6.07, 6.45) is 0. The predicted molar refractivity (Wildman–Crippen MR) is 111 cm³/mol. The van der Waals surface area contributed by atoms with Crippen molar-refractivity contribution in [2.75, 3.05) is 0 Å². The van der Waals surface area contributed by atoms with Crippen LogP contribution in [0.1, 0.15) is 0 Å². The van der Waals surface area contributed by atoms with Crippen molar-refractivity contribution < 1.29 is 210 Å². The van der Waals surface area contributed by atoms with Gasteiger partial charge >= 0.3 is 156 Å². The zero-order valence-electron chi connectivity index (χ0n) is 24.3. The van der Waals surface area contributed by atoms with Gasteiger partial charge in [0.15, 0.2) is 0 Å². The molecule has 6 N–H and O–H groups in total. The van der Waals surface area contributed by atoms with Gasteiger partial charge in [0.25, 0.3) is 0 Å². The third-order valence-corrected chi connectivity index (χ3v) is 5.21. The first-order chi connectivity index (χ1) is 21.2. The van der Waals surface area contributed by atoms with E-state index in [0.717, 1.165) is 0 Å². The van der Waals surface area contributed by atoms with Crippen molar-refractivity contribution in [1.29, 1.82) is 0 Å². The minimum absolute atomic E-state index is 0. The van der Waals surface area contributed by atoms with Gasteiger partial charge in [0.1, 0.15) is 0 Å². The van der Waals surface area contributed by atoms with Crippen molar-refractivity contribution in [2.24, 2.45) is 0 Å². The third kappa shape index (κ3) is 22.7. The number of halogens is 6. The van der Waals surface area contributed by atoms with E-state index in [1.54, 1.807) is 0 Å². The van der Waals surface area contributed by atoms with Crippen LogP contribution < -0.4 is 71.7 Å². The van der Waals surface area contributed by atoms with Crippen LogP contribution in [0.25, 0.3) is 0 Å². The van der Waals surface area contributed by atoms with Crippen LogP contribution in [-0.2, 0) is 87.7 Å². The summed E-state index contributed by atoms with van der Waals surface area (Å²) in [7, 11) is -21.3. The maximum Gasteiger partial charge on any atom is 1.00 e. The molecule has 0 aliphatic rings. The Hall–Kier alpha value is -3.12. The third-order valence-electron chi connectivity index (χ3n) is 2.76. The second-order valence-electron chi connectivity index (χ2n) is 6.21. The van der Waals surface area contributed by atoms with Gasteiger partial charge in [-0.2, -0.15) is 51.6 Å². The Bertz CT molecular complexity index is 1490. The van der Waals surface area contributed by atoms with Crippen molar-refractivity contribution in [3.8, 4) is 0 Å². The van der Waals surface area contributed by atoms with Gasteiger partial charge in [-0.3, -0.25) is 21.0 Å². The molecule has 0 amide bonds. The van der Waals surface area contributed by atoms with Gasteiger partial charge in [-0.05, 0) is 0 Å². The van der Waals surface area contributed by atoms with Crippen LogP contribution in [0, 0.1) is 0 Å². The van der Waals surface area contributed by atoms with E-state index in [9.17, 15) is 94.7 Å². The molecule has 40 heteroatoms. The van der Waals surface area contributed by atoms with E-state index in [-0.39, 0.29) is 56.6 Å². The number of hydrogen-bond donors (Lipinski definition) is 6. The topological polar surface area (TPSA) is 474 Å². The average molecular weight is 824 g/mol. The van der Waals surface area contributed by atoms with Crippen LogP contribution in [0.15, 0.2) is 0 Å². The maximum atomic E-state index is 12.3. The molecule has 0 heterocycles. The number of carboxylic acids is 3. The zero-order valence-corrected chi connectivity index (χ0v) is 26.8. The van der Waals surface area contributed by atoms with Gasteiger partial charge in [-0.1, -0.05) is 0 Å². The van der Waals surface area contributed by atoms with Gasteiger partial charge in [0.2, 0.25) is 0 Å². The average Bonchev–Trinajstić information content (AvgIpc) is 2.86. The number of hydrogen-bond acceptors (Lipinski definition) is 21. The number of alkyl halides is 6. The van der Waals surface area contributed by atoms with E-state index in [0.29, 0.717) is 0 Å². The van der Waals surface area contributed by atoms with Crippen molar-refractivity contribution in [1.82, 2.24) is 0 Å². The van der Waals surface area contributed by atoms with E-state index in [2.05, 4.69) is 14.2 Å². The predicted octanol–water partition coefficient (Wildman–Crippen LogP) is -17.1. The Labute approximate surface area is 315 Å². The van der Waals surface area contributed by atoms with Crippen molar-refractivity contribution in [3.63, 3.8) is 0 Å². The number of rotatable bonds is 6. The van der Waals surface area contributed by atoms with Gasteiger partial charge in [-0.15, -0.1) is 0 Å². The largest absolute Gasteiger partial charge is 1.00 e. The van der Waals surface area contributed by atoms with E-state index >= 15 is 0 Å². The number of aliphatic carboxylic acids is 3. The molecule has 0 atom stereocenters. The van der Waals surface area contributed by atoms with Crippen molar-refractivity contribution in [2.45, 2.75) is 15.8 Å².